The van der Waals surface area contributed by atoms with E-state index in [4.69, 9.17) is 15.2 Å². The molecule has 2 amide bonds. The molecule has 25 heavy (non-hydrogen) atoms. The highest BCUT2D eigenvalue weighted by atomic mass is 16.7. The van der Waals surface area contributed by atoms with Gasteiger partial charge in [0.05, 0.1) is 0 Å². The summed E-state index contributed by atoms with van der Waals surface area (Å²) in [5.74, 6) is 0.967. The molecule has 2 aliphatic heterocycles. The van der Waals surface area contributed by atoms with Crippen molar-refractivity contribution < 1.29 is 23.9 Å². The van der Waals surface area contributed by atoms with Gasteiger partial charge < -0.3 is 20.1 Å². The topological polar surface area (TPSA) is 102 Å². The van der Waals surface area contributed by atoms with Crippen molar-refractivity contribution in [1.82, 2.24) is 9.80 Å². The van der Waals surface area contributed by atoms with Crippen molar-refractivity contribution >= 4 is 17.6 Å². The Balaban J connectivity index is 1.57. The number of rotatable bonds is 2. The largest absolute Gasteiger partial charge is 0.454 e. The van der Waals surface area contributed by atoms with Crippen LogP contribution >= 0.6 is 0 Å². The SMILES string of the molecule is NC(=O)N1CCN(Cc2ccc3c(c2)OCO3)CC12C(=O)CCC2=O. The molecule has 0 aromatic heterocycles. The third-order valence-electron chi connectivity index (χ3n) is 5.16. The number of piperazine rings is 1. The Hall–Kier alpha value is -2.61. The lowest BCUT2D eigenvalue weighted by Crippen LogP contribution is -2.69. The van der Waals surface area contributed by atoms with Crippen LogP contribution < -0.4 is 15.2 Å². The van der Waals surface area contributed by atoms with Gasteiger partial charge in [-0.2, -0.15) is 0 Å². The number of ether oxygens (including phenoxy) is 2. The molecular formula is C17H19N3O5. The average molecular weight is 345 g/mol. The smallest absolute Gasteiger partial charge is 0.316 e. The maximum Gasteiger partial charge on any atom is 0.316 e. The molecule has 2 fully saturated rings. The molecule has 1 aliphatic carbocycles. The van der Waals surface area contributed by atoms with Gasteiger partial charge in [-0.3, -0.25) is 14.5 Å². The molecule has 1 saturated carbocycles. The monoisotopic (exact) mass is 345 g/mol. The lowest BCUT2D eigenvalue weighted by atomic mass is 9.89. The van der Waals surface area contributed by atoms with Gasteiger partial charge in [0.2, 0.25) is 6.79 Å². The predicted octanol–water partition coefficient (Wildman–Crippen LogP) is 0.282. The van der Waals surface area contributed by atoms with E-state index in [1.54, 1.807) is 0 Å². The van der Waals surface area contributed by atoms with Gasteiger partial charge >= 0.3 is 6.03 Å². The minimum absolute atomic E-state index is 0.167. The number of Topliss-reactive ketones (excluding diaryl/α,β-unsaturated/α-hetero) is 2. The van der Waals surface area contributed by atoms with Crippen molar-refractivity contribution in [3.63, 3.8) is 0 Å². The van der Waals surface area contributed by atoms with Crippen molar-refractivity contribution in [3.05, 3.63) is 23.8 Å². The minimum Gasteiger partial charge on any atom is -0.454 e. The standard InChI is InChI=1S/C17H19N3O5/c18-16(23)20-6-5-19(9-17(20)14(21)3-4-15(17)22)8-11-1-2-12-13(7-11)25-10-24-12/h1-2,7H,3-6,8-10H2,(H2,18,23). The summed E-state index contributed by atoms with van der Waals surface area (Å²) in [6.07, 6.45) is 0.334. The molecule has 132 valence electrons. The Morgan fingerprint density at radius 2 is 1.84 bits per heavy atom. The number of amides is 2. The molecule has 1 aromatic rings. The molecule has 0 unspecified atom stereocenters. The molecule has 0 atom stereocenters. The van der Waals surface area contributed by atoms with E-state index in [0.29, 0.717) is 24.6 Å². The summed E-state index contributed by atoms with van der Waals surface area (Å²) in [4.78, 5) is 40.0. The number of carbonyl (C=O) groups is 3. The van der Waals surface area contributed by atoms with Crippen LogP contribution in [0.25, 0.3) is 0 Å². The first-order valence-electron chi connectivity index (χ1n) is 8.25. The number of primary amides is 1. The molecule has 8 nitrogen and oxygen atoms in total. The van der Waals surface area contributed by atoms with E-state index in [0.717, 1.165) is 5.56 Å². The number of carbonyl (C=O) groups excluding carboxylic acids is 3. The Morgan fingerprint density at radius 3 is 2.56 bits per heavy atom. The van der Waals surface area contributed by atoms with Gasteiger partial charge in [-0.1, -0.05) is 6.07 Å². The Bertz CT molecular complexity index is 747. The second-order valence-electron chi connectivity index (χ2n) is 6.59. The highest BCUT2D eigenvalue weighted by Crippen LogP contribution is 2.35. The lowest BCUT2D eigenvalue weighted by Gasteiger charge is -2.45. The fourth-order valence-corrected chi connectivity index (χ4v) is 3.92. The van der Waals surface area contributed by atoms with E-state index in [1.165, 1.54) is 4.90 Å². The van der Waals surface area contributed by atoms with Crippen LogP contribution in [0.3, 0.4) is 0 Å². The molecule has 0 bridgehead atoms. The summed E-state index contributed by atoms with van der Waals surface area (Å²) < 4.78 is 10.7. The number of nitrogens with zero attached hydrogens (tertiary/aromatic N) is 2. The number of ketones is 2. The van der Waals surface area contributed by atoms with Crippen molar-refractivity contribution in [2.24, 2.45) is 5.73 Å². The minimum atomic E-state index is -1.42. The van der Waals surface area contributed by atoms with Crippen LogP contribution in [0.5, 0.6) is 11.5 Å². The fourth-order valence-electron chi connectivity index (χ4n) is 3.92. The molecule has 3 aliphatic rings. The summed E-state index contributed by atoms with van der Waals surface area (Å²) in [6, 6.07) is 4.96. The number of urea groups is 1. The van der Waals surface area contributed by atoms with Crippen LogP contribution in [0.2, 0.25) is 0 Å². The van der Waals surface area contributed by atoms with E-state index in [9.17, 15) is 14.4 Å². The fraction of sp³-hybridized carbons (Fsp3) is 0.471. The van der Waals surface area contributed by atoms with Crippen LogP contribution in [0.4, 0.5) is 4.79 Å². The number of benzene rings is 1. The highest BCUT2D eigenvalue weighted by Gasteiger charge is 2.57. The summed E-state index contributed by atoms with van der Waals surface area (Å²) in [7, 11) is 0. The highest BCUT2D eigenvalue weighted by molar-refractivity contribution is 6.19. The van der Waals surface area contributed by atoms with Gasteiger partial charge in [0.15, 0.2) is 28.6 Å². The zero-order chi connectivity index (χ0) is 17.6. The van der Waals surface area contributed by atoms with Gasteiger partial charge in [-0.25, -0.2) is 4.79 Å². The molecule has 4 rings (SSSR count). The summed E-state index contributed by atoms with van der Waals surface area (Å²) in [5.41, 5.74) is 5.01. The van der Waals surface area contributed by atoms with Gasteiger partial charge in [-0.05, 0) is 17.7 Å². The van der Waals surface area contributed by atoms with E-state index < -0.39 is 11.6 Å². The third kappa shape index (κ3) is 2.44. The zero-order valence-electron chi connectivity index (χ0n) is 13.7. The first kappa shape index (κ1) is 15.9. The van der Waals surface area contributed by atoms with Crippen molar-refractivity contribution in [3.8, 4) is 11.5 Å². The first-order valence-corrected chi connectivity index (χ1v) is 8.25. The molecular weight excluding hydrogens is 326 g/mol. The second-order valence-corrected chi connectivity index (χ2v) is 6.59. The van der Waals surface area contributed by atoms with Crippen LogP contribution in [0.1, 0.15) is 18.4 Å². The predicted molar refractivity (Wildman–Crippen MR) is 86.1 cm³/mol. The maximum absolute atomic E-state index is 12.5. The summed E-state index contributed by atoms with van der Waals surface area (Å²) >= 11 is 0. The Labute approximate surface area is 144 Å². The van der Waals surface area contributed by atoms with Crippen LogP contribution in [-0.2, 0) is 16.1 Å². The Morgan fingerprint density at radius 1 is 1.12 bits per heavy atom. The van der Waals surface area contributed by atoms with Gasteiger partial charge in [0.25, 0.3) is 0 Å². The molecule has 1 aromatic carbocycles. The molecule has 1 spiro atoms. The first-order chi connectivity index (χ1) is 12.0. The van der Waals surface area contributed by atoms with E-state index in [-0.39, 0.29) is 44.3 Å². The number of nitrogens with two attached hydrogens (primary N) is 1. The normalized spacial score (nSPS) is 22.0. The molecule has 2 heterocycles. The number of fused-ring (bicyclic) bond motifs is 1. The van der Waals surface area contributed by atoms with Crippen LogP contribution in [0.15, 0.2) is 18.2 Å². The molecule has 2 N–H and O–H groups in total. The molecule has 8 heteroatoms. The van der Waals surface area contributed by atoms with Crippen molar-refractivity contribution in [2.45, 2.75) is 24.9 Å². The van der Waals surface area contributed by atoms with Crippen molar-refractivity contribution in [2.75, 3.05) is 26.4 Å². The summed E-state index contributed by atoms with van der Waals surface area (Å²) in [6.45, 7) is 1.74. The maximum atomic E-state index is 12.5. The van der Waals surface area contributed by atoms with E-state index in [2.05, 4.69) is 0 Å². The summed E-state index contributed by atoms with van der Waals surface area (Å²) in [5, 5.41) is 0. The van der Waals surface area contributed by atoms with Crippen LogP contribution in [0, 0.1) is 0 Å². The van der Waals surface area contributed by atoms with E-state index >= 15 is 0 Å². The second kappa shape index (κ2) is 5.73. The number of hydrogen-bond acceptors (Lipinski definition) is 6. The number of hydrogen-bond donors (Lipinski definition) is 1. The van der Waals surface area contributed by atoms with Gasteiger partial charge in [0, 0.05) is 39.0 Å². The third-order valence-corrected chi connectivity index (χ3v) is 5.16. The van der Waals surface area contributed by atoms with Crippen LogP contribution in [-0.4, -0.2) is 59.4 Å². The molecule has 1 saturated heterocycles. The van der Waals surface area contributed by atoms with E-state index in [1.807, 2.05) is 23.1 Å². The molecule has 0 radical (unpaired) electrons. The lowest BCUT2D eigenvalue weighted by molar-refractivity contribution is -0.140. The van der Waals surface area contributed by atoms with Gasteiger partial charge in [-0.15, -0.1) is 0 Å². The van der Waals surface area contributed by atoms with Crippen molar-refractivity contribution in [1.29, 1.82) is 0 Å². The zero-order valence-corrected chi connectivity index (χ0v) is 13.7. The average Bonchev–Trinajstić information content (AvgIpc) is 3.15. The quantitative estimate of drug-likeness (QED) is 0.773. The Kier molecular flexibility index (Phi) is 3.64. The van der Waals surface area contributed by atoms with Gasteiger partial charge in [0.1, 0.15) is 0 Å².